The maximum absolute atomic E-state index is 13.4. The van der Waals surface area contributed by atoms with Crippen molar-refractivity contribution in [3.8, 4) is 0 Å². The molecule has 95 heavy (non-hydrogen) atoms. The summed E-state index contributed by atoms with van der Waals surface area (Å²) in [4.78, 5) is 13.4. The minimum Gasteiger partial charge on any atom is -0.394 e. The highest BCUT2D eigenvalue weighted by Gasteiger charge is 2.51. The number of rotatable bonds is 63. The van der Waals surface area contributed by atoms with E-state index in [-0.39, 0.29) is 18.9 Å². The molecule has 2 aliphatic heterocycles. The van der Waals surface area contributed by atoms with Crippen LogP contribution in [0.1, 0.15) is 303 Å². The Morgan fingerprint density at radius 3 is 1.12 bits per heavy atom. The summed E-state index contributed by atoms with van der Waals surface area (Å²) in [5, 5.41) is 87.6. The molecule has 2 aliphatic rings. The first kappa shape index (κ1) is 87.7. The van der Waals surface area contributed by atoms with Crippen molar-refractivity contribution in [1.82, 2.24) is 5.32 Å². The third kappa shape index (κ3) is 47.4. The van der Waals surface area contributed by atoms with Gasteiger partial charge in [0.15, 0.2) is 12.6 Å². The molecule has 2 saturated heterocycles. The van der Waals surface area contributed by atoms with Gasteiger partial charge < -0.3 is 65.1 Å². The van der Waals surface area contributed by atoms with Crippen molar-refractivity contribution < 1.29 is 64.6 Å². The maximum Gasteiger partial charge on any atom is 0.220 e. The zero-order valence-electron chi connectivity index (χ0n) is 59.9. The molecule has 0 aliphatic carbocycles. The number of hydrogen-bond donors (Lipinski definition) is 9. The molecule has 2 fully saturated rings. The largest absolute Gasteiger partial charge is 0.394 e. The lowest BCUT2D eigenvalue weighted by molar-refractivity contribution is -0.359. The van der Waals surface area contributed by atoms with Crippen LogP contribution in [0.4, 0.5) is 0 Å². The highest BCUT2D eigenvalue weighted by atomic mass is 16.7. The van der Waals surface area contributed by atoms with Gasteiger partial charge in [-0.1, -0.05) is 322 Å². The van der Waals surface area contributed by atoms with Gasteiger partial charge in [0.05, 0.1) is 32.0 Å². The van der Waals surface area contributed by atoms with E-state index in [1.807, 2.05) is 6.08 Å². The van der Waals surface area contributed by atoms with E-state index in [4.69, 9.17) is 18.9 Å². The van der Waals surface area contributed by atoms with Crippen LogP contribution in [0, 0.1) is 0 Å². The van der Waals surface area contributed by atoms with E-state index in [1.165, 1.54) is 186 Å². The topological polar surface area (TPSA) is 228 Å². The molecule has 0 spiro atoms. The fraction of sp³-hybridized carbons (Fsp3) is 0.765. The van der Waals surface area contributed by atoms with Crippen LogP contribution in [0.15, 0.2) is 109 Å². The number of aliphatic hydroxyl groups excluding tert-OH is 8. The third-order valence-corrected chi connectivity index (χ3v) is 18.2. The number of nitrogens with one attached hydrogen (secondary N) is 1. The molecule has 0 saturated carbocycles. The van der Waals surface area contributed by atoms with Crippen LogP contribution in [-0.2, 0) is 23.7 Å². The number of unbranched alkanes of at least 4 members (excludes halogenated alkanes) is 34. The molecular formula is C81H141NO13. The van der Waals surface area contributed by atoms with Gasteiger partial charge in [0.1, 0.15) is 48.8 Å². The molecule has 14 nitrogen and oxygen atoms in total. The van der Waals surface area contributed by atoms with Crippen LogP contribution in [-0.4, -0.2) is 140 Å². The molecule has 0 aromatic heterocycles. The molecule has 1 amide bonds. The first-order valence-electron chi connectivity index (χ1n) is 38.6. The summed E-state index contributed by atoms with van der Waals surface area (Å²) in [6.45, 7) is 2.71. The quantitative estimate of drug-likeness (QED) is 0.0204. The molecule has 0 aromatic carbocycles. The summed E-state index contributed by atoms with van der Waals surface area (Å²) >= 11 is 0. The SMILES string of the molecule is CC/C=C\C/C=C\C/C=C\C/C=C\C/C=C\C/C=C\C/C=C\C/C=C\CCCCCCCCCCCCCCCCC(=O)NC(COC1OC(CO)C(OC2OC(CO)C(O)C(O)C2O)C(O)C1O)C(O)/C=C/CCCCCCCCCCCCCCCCCCCCCC. The summed E-state index contributed by atoms with van der Waals surface area (Å²) in [5.74, 6) is -0.240. The third-order valence-electron chi connectivity index (χ3n) is 18.2. The number of carbonyl (C=O) groups is 1. The van der Waals surface area contributed by atoms with Gasteiger partial charge in [-0.25, -0.2) is 0 Å². The van der Waals surface area contributed by atoms with Crippen LogP contribution >= 0.6 is 0 Å². The van der Waals surface area contributed by atoms with E-state index in [0.29, 0.717) is 6.42 Å². The van der Waals surface area contributed by atoms with Gasteiger partial charge in [-0.05, 0) is 83.5 Å². The summed E-state index contributed by atoms with van der Waals surface area (Å²) in [7, 11) is 0. The van der Waals surface area contributed by atoms with Crippen molar-refractivity contribution in [1.29, 1.82) is 0 Å². The summed E-state index contributed by atoms with van der Waals surface area (Å²) in [6.07, 6.45) is 75.8. The first-order chi connectivity index (χ1) is 46.6. The van der Waals surface area contributed by atoms with Crippen molar-refractivity contribution in [3.05, 3.63) is 109 Å². The lowest BCUT2D eigenvalue weighted by Gasteiger charge is -2.46. The lowest BCUT2D eigenvalue weighted by atomic mass is 9.97. The smallest absolute Gasteiger partial charge is 0.220 e. The van der Waals surface area contributed by atoms with Gasteiger partial charge in [-0.3, -0.25) is 4.79 Å². The lowest BCUT2D eigenvalue weighted by Crippen LogP contribution is -2.65. The van der Waals surface area contributed by atoms with E-state index < -0.39 is 86.8 Å². The number of amides is 1. The van der Waals surface area contributed by atoms with E-state index in [0.717, 1.165) is 89.9 Å². The second kappa shape index (κ2) is 64.1. The maximum atomic E-state index is 13.4. The molecule has 0 aromatic rings. The van der Waals surface area contributed by atoms with Gasteiger partial charge in [0, 0.05) is 6.42 Å². The predicted octanol–water partition coefficient (Wildman–Crippen LogP) is 17.1. The molecule has 2 rings (SSSR count). The average Bonchev–Trinajstić information content (AvgIpc) is 0.801. The van der Waals surface area contributed by atoms with Crippen LogP contribution in [0.3, 0.4) is 0 Å². The highest BCUT2D eigenvalue weighted by molar-refractivity contribution is 5.76. The van der Waals surface area contributed by atoms with Crippen molar-refractivity contribution in [2.45, 2.75) is 376 Å². The van der Waals surface area contributed by atoms with E-state index in [1.54, 1.807) is 6.08 Å². The molecule has 0 radical (unpaired) electrons. The fourth-order valence-corrected chi connectivity index (χ4v) is 12.1. The molecule has 2 heterocycles. The Kier molecular flexibility index (Phi) is 59.2. The van der Waals surface area contributed by atoms with Gasteiger partial charge in [-0.2, -0.15) is 0 Å². The van der Waals surface area contributed by atoms with E-state index in [9.17, 15) is 45.6 Å². The molecular weight excluding hydrogens is 1190 g/mol. The van der Waals surface area contributed by atoms with Gasteiger partial charge in [0.2, 0.25) is 5.91 Å². The summed E-state index contributed by atoms with van der Waals surface area (Å²) < 4.78 is 22.9. The number of allylic oxidation sites excluding steroid dienone is 17. The second-order valence-corrected chi connectivity index (χ2v) is 26.8. The molecule has 0 bridgehead atoms. The Bertz CT molecular complexity index is 2010. The molecule has 12 atom stereocenters. The molecule has 12 unspecified atom stereocenters. The number of ether oxygens (including phenoxy) is 4. The van der Waals surface area contributed by atoms with Crippen molar-refractivity contribution in [3.63, 3.8) is 0 Å². The minimum absolute atomic E-state index is 0.240. The fourth-order valence-electron chi connectivity index (χ4n) is 12.1. The van der Waals surface area contributed by atoms with Crippen LogP contribution < -0.4 is 5.32 Å². The van der Waals surface area contributed by atoms with Crippen LogP contribution in [0.25, 0.3) is 0 Å². The standard InChI is InChI=1S/C81H141NO13/c1-3-5-7-9-11-13-15-17-19-21-23-25-27-28-29-30-31-32-33-34-35-36-37-38-39-40-41-42-43-45-47-49-51-53-55-57-59-61-63-65-73(86)82-69(68-92-80-78(91)76(89)79(72(67-84)94-80)95-81-77(90)75(88)74(87)71(66-83)93-81)70(85)64-62-60-58-56-54-52-50-48-46-44-26-24-22-20-18-16-14-12-10-8-6-4-2/h5,7,11,13,17,19,23,25,28-29,31-32,34-35,37-38,62,64,69-72,74-81,83-85,87-91H,3-4,6,8-10,12,14-16,18,20-22,24,26-27,30,33,36,39-61,63,65-68H2,1-2H3,(H,82,86)/b7-5-,13-11-,19-17-,25-23-,29-28-,32-31-,35-34-,38-37-,64-62+. The van der Waals surface area contributed by atoms with E-state index in [2.05, 4.69) is 116 Å². The number of carbonyl (C=O) groups excluding carboxylic acids is 1. The van der Waals surface area contributed by atoms with Gasteiger partial charge >= 0.3 is 0 Å². The molecule has 14 heteroatoms. The Hall–Kier alpha value is -3.35. The summed E-state index contributed by atoms with van der Waals surface area (Å²) in [6, 6.07) is -0.922. The second-order valence-electron chi connectivity index (χ2n) is 26.8. The highest BCUT2D eigenvalue weighted by Crippen LogP contribution is 2.30. The minimum atomic E-state index is -1.79. The van der Waals surface area contributed by atoms with E-state index >= 15 is 0 Å². The number of aliphatic hydroxyl groups is 8. The summed E-state index contributed by atoms with van der Waals surface area (Å²) in [5.41, 5.74) is 0. The Labute approximate surface area is 578 Å². The number of hydrogen-bond acceptors (Lipinski definition) is 13. The Morgan fingerprint density at radius 2 is 0.726 bits per heavy atom. The average molecular weight is 1340 g/mol. The van der Waals surface area contributed by atoms with Crippen molar-refractivity contribution in [2.75, 3.05) is 19.8 Å². The van der Waals surface area contributed by atoms with Crippen LogP contribution in [0.5, 0.6) is 0 Å². The van der Waals surface area contributed by atoms with Crippen LogP contribution in [0.2, 0.25) is 0 Å². The van der Waals surface area contributed by atoms with Crippen molar-refractivity contribution >= 4 is 5.91 Å². The monoisotopic (exact) mass is 1340 g/mol. The van der Waals surface area contributed by atoms with Gasteiger partial charge in [0.25, 0.3) is 0 Å². The van der Waals surface area contributed by atoms with Gasteiger partial charge in [-0.15, -0.1) is 0 Å². The zero-order chi connectivity index (χ0) is 68.7. The Balaban J connectivity index is 1.62. The normalized spacial score (nSPS) is 23.0. The first-order valence-corrected chi connectivity index (χ1v) is 38.6. The van der Waals surface area contributed by atoms with Crippen molar-refractivity contribution in [2.24, 2.45) is 0 Å². The Morgan fingerprint density at radius 1 is 0.389 bits per heavy atom. The molecule has 548 valence electrons. The molecule has 9 N–H and O–H groups in total. The zero-order valence-corrected chi connectivity index (χ0v) is 59.9. The predicted molar refractivity (Wildman–Crippen MR) is 392 cm³/mol.